The van der Waals surface area contributed by atoms with Crippen molar-refractivity contribution in [3.05, 3.63) is 28.8 Å². The largest absolute Gasteiger partial charge is 0.389 e. The van der Waals surface area contributed by atoms with E-state index >= 15 is 0 Å². The standard InChI is InChI=1S/C12H15ClN2O2S2/c1-8-4-5-15(7-8)19(16,17)11-3-2-9(12(14)18)6-10(11)13/h2-3,6,8H,4-5,7H2,1H3,(H2,14,18). The Morgan fingerprint density at radius 3 is 2.68 bits per heavy atom. The molecule has 0 radical (unpaired) electrons. The van der Waals surface area contributed by atoms with Crippen LogP contribution in [0.2, 0.25) is 5.02 Å². The molecule has 104 valence electrons. The van der Waals surface area contributed by atoms with Gasteiger partial charge in [0.1, 0.15) is 9.88 Å². The van der Waals surface area contributed by atoms with Crippen LogP contribution in [0, 0.1) is 5.92 Å². The van der Waals surface area contributed by atoms with E-state index in [0.29, 0.717) is 24.6 Å². The molecule has 0 aromatic heterocycles. The molecule has 0 amide bonds. The van der Waals surface area contributed by atoms with Gasteiger partial charge in [0.05, 0.1) is 5.02 Å². The second-order valence-corrected chi connectivity index (χ2v) is 7.52. The number of hydrogen-bond donors (Lipinski definition) is 1. The Morgan fingerprint density at radius 1 is 1.53 bits per heavy atom. The first-order valence-corrected chi connectivity index (χ1v) is 8.14. The highest BCUT2D eigenvalue weighted by atomic mass is 35.5. The Kier molecular flexibility index (Phi) is 4.15. The van der Waals surface area contributed by atoms with E-state index in [9.17, 15) is 8.42 Å². The highest BCUT2D eigenvalue weighted by Crippen LogP contribution is 2.29. The highest BCUT2D eigenvalue weighted by Gasteiger charge is 2.32. The van der Waals surface area contributed by atoms with Gasteiger partial charge in [-0.05, 0) is 24.5 Å². The molecular formula is C12H15ClN2O2S2. The molecule has 1 aromatic rings. The first kappa shape index (κ1) is 14.7. The van der Waals surface area contributed by atoms with Crippen LogP contribution < -0.4 is 5.73 Å². The van der Waals surface area contributed by atoms with Crippen LogP contribution in [0.1, 0.15) is 18.9 Å². The Labute approximate surface area is 123 Å². The molecule has 1 aliphatic heterocycles. The van der Waals surface area contributed by atoms with E-state index < -0.39 is 10.0 Å². The van der Waals surface area contributed by atoms with Gasteiger partial charge in [-0.3, -0.25) is 0 Å². The Balaban J connectivity index is 2.38. The molecular weight excluding hydrogens is 304 g/mol. The maximum atomic E-state index is 12.5. The van der Waals surface area contributed by atoms with Crippen LogP contribution in [0.4, 0.5) is 0 Å². The zero-order chi connectivity index (χ0) is 14.2. The number of hydrogen-bond acceptors (Lipinski definition) is 3. The molecule has 0 spiro atoms. The molecule has 0 aliphatic carbocycles. The second-order valence-electron chi connectivity index (χ2n) is 4.77. The van der Waals surface area contributed by atoms with Gasteiger partial charge in [0.15, 0.2) is 0 Å². The lowest BCUT2D eigenvalue weighted by atomic mass is 10.2. The summed E-state index contributed by atoms with van der Waals surface area (Å²) < 4.78 is 26.4. The van der Waals surface area contributed by atoms with Gasteiger partial charge >= 0.3 is 0 Å². The van der Waals surface area contributed by atoms with Crippen molar-refractivity contribution < 1.29 is 8.42 Å². The first-order chi connectivity index (χ1) is 8.82. The van der Waals surface area contributed by atoms with Crippen molar-refractivity contribution in [2.45, 2.75) is 18.2 Å². The first-order valence-electron chi connectivity index (χ1n) is 5.92. The Bertz CT molecular complexity index is 616. The van der Waals surface area contributed by atoms with Crippen LogP contribution in [0.15, 0.2) is 23.1 Å². The molecule has 4 nitrogen and oxygen atoms in total. The van der Waals surface area contributed by atoms with E-state index in [4.69, 9.17) is 29.6 Å². The number of thiocarbonyl (C=S) groups is 1. The third-order valence-corrected chi connectivity index (χ3v) is 5.80. The molecule has 1 aromatic carbocycles. The molecule has 1 heterocycles. The summed E-state index contributed by atoms with van der Waals surface area (Å²) in [6.07, 6.45) is 0.877. The summed E-state index contributed by atoms with van der Waals surface area (Å²) in [7, 11) is -3.53. The second kappa shape index (κ2) is 5.36. The summed E-state index contributed by atoms with van der Waals surface area (Å²) >= 11 is 10.9. The molecule has 1 saturated heterocycles. The van der Waals surface area contributed by atoms with Gasteiger partial charge in [0.2, 0.25) is 10.0 Å². The predicted molar refractivity (Wildman–Crippen MR) is 79.9 cm³/mol. The summed E-state index contributed by atoms with van der Waals surface area (Å²) in [6.45, 7) is 3.11. The minimum absolute atomic E-state index is 0.114. The van der Waals surface area contributed by atoms with Crippen LogP contribution in [-0.2, 0) is 10.0 Å². The van der Waals surface area contributed by atoms with Crippen molar-refractivity contribution in [3.63, 3.8) is 0 Å². The van der Waals surface area contributed by atoms with Crippen LogP contribution in [0.3, 0.4) is 0 Å². The van der Waals surface area contributed by atoms with Crippen LogP contribution in [-0.4, -0.2) is 30.8 Å². The zero-order valence-corrected chi connectivity index (χ0v) is 12.9. The van der Waals surface area contributed by atoms with Crippen LogP contribution >= 0.6 is 23.8 Å². The third kappa shape index (κ3) is 2.91. The van der Waals surface area contributed by atoms with Crippen molar-refractivity contribution in [1.29, 1.82) is 0 Å². The van der Waals surface area contributed by atoms with E-state index in [2.05, 4.69) is 0 Å². The van der Waals surface area contributed by atoms with E-state index in [0.717, 1.165) is 6.42 Å². The average Bonchev–Trinajstić information content (AvgIpc) is 2.76. The molecule has 1 fully saturated rings. The summed E-state index contributed by atoms with van der Waals surface area (Å²) in [5.41, 5.74) is 6.06. The molecule has 0 bridgehead atoms. The summed E-state index contributed by atoms with van der Waals surface area (Å²) in [4.78, 5) is 0.309. The molecule has 19 heavy (non-hydrogen) atoms. The number of nitrogens with zero attached hydrogens (tertiary/aromatic N) is 1. The Hall–Kier alpha value is -0.690. The SMILES string of the molecule is CC1CCN(S(=O)(=O)c2ccc(C(N)=S)cc2Cl)C1. The van der Waals surface area contributed by atoms with E-state index in [1.165, 1.54) is 16.4 Å². The lowest BCUT2D eigenvalue weighted by Gasteiger charge is -2.17. The van der Waals surface area contributed by atoms with Crippen molar-refractivity contribution in [2.75, 3.05) is 13.1 Å². The Morgan fingerprint density at radius 2 is 2.21 bits per heavy atom. The lowest BCUT2D eigenvalue weighted by molar-refractivity contribution is 0.464. The normalized spacial score (nSPS) is 20.6. The van der Waals surface area contributed by atoms with Gasteiger partial charge in [-0.25, -0.2) is 8.42 Å². The smallest absolute Gasteiger partial charge is 0.244 e. The third-order valence-electron chi connectivity index (χ3n) is 3.22. The van der Waals surface area contributed by atoms with Gasteiger partial charge in [-0.2, -0.15) is 4.31 Å². The average molecular weight is 319 g/mol. The summed E-state index contributed by atoms with van der Waals surface area (Å²) in [5.74, 6) is 0.379. The van der Waals surface area contributed by atoms with Crippen LogP contribution in [0.5, 0.6) is 0 Å². The van der Waals surface area contributed by atoms with Gasteiger partial charge in [0, 0.05) is 18.7 Å². The number of rotatable bonds is 3. The summed E-state index contributed by atoms with van der Waals surface area (Å²) in [6, 6.07) is 4.55. The fourth-order valence-electron chi connectivity index (χ4n) is 2.12. The molecule has 7 heteroatoms. The molecule has 2 N–H and O–H groups in total. The van der Waals surface area contributed by atoms with Gasteiger partial charge < -0.3 is 5.73 Å². The minimum Gasteiger partial charge on any atom is -0.389 e. The fourth-order valence-corrected chi connectivity index (χ4v) is 4.34. The van der Waals surface area contributed by atoms with Crippen molar-refractivity contribution in [2.24, 2.45) is 11.7 Å². The highest BCUT2D eigenvalue weighted by molar-refractivity contribution is 7.89. The summed E-state index contributed by atoms with van der Waals surface area (Å²) in [5, 5.41) is 0.157. The van der Waals surface area contributed by atoms with E-state index in [1.54, 1.807) is 6.07 Å². The van der Waals surface area contributed by atoms with E-state index in [-0.39, 0.29) is 14.9 Å². The fraction of sp³-hybridized carbons (Fsp3) is 0.417. The molecule has 1 atom stereocenters. The molecule has 2 rings (SSSR count). The minimum atomic E-state index is -3.53. The molecule has 0 saturated carbocycles. The molecule has 1 unspecified atom stereocenters. The van der Waals surface area contributed by atoms with Gasteiger partial charge in [-0.1, -0.05) is 36.8 Å². The number of benzene rings is 1. The predicted octanol–water partition coefficient (Wildman–Crippen LogP) is 2.00. The van der Waals surface area contributed by atoms with Crippen molar-refractivity contribution in [3.8, 4) is 0 Å². The molecule has 1 aliphatic rings. The number of halogens is 1. The van der Waals surface area contributed by atoms with Crippen molar-refractivity contribution >= 4 is 38.8 Å². The topological polar surface area (TPSA) is 63.4 Å². The number of nitrogens with two attached hydrogens (primary N) is 1. The lowest BCUT2D eigenvalue weighted by Crippen LogP contribution is -2.29. The quantitative estimate of drug-likeness (QED) is 0.866. The van der Waals surface area contributed by atoms with Crippen LogP contribution in [0.25, 0.3) is 0 Å². The van der Waals surface area contributed by atoms with Gasteiger partial charge in [-0.15, -0.1) is 0 Å². The van der Waals surface area contributed by atoms with E-state index in [1.807, 2.05) is 6.92 Å². The maximum Gasteiger partial charge on any atom is 0.244 e. The monoisotopic (exact) mass is 318 g/mol. The van der Waals surface area contributed by atoms with Gasteiger partial charge in [0.25, 0.3) is 0 Å². The van der Waals surface area contributed by atoms with Crippen molar-refractivity contribution in [1.82, 2.24) is 4.31 Å². The maximum absolute atomic E-state index is 12.5. The number of sulfonamides is 1. The zero-order valence-electron chi connectivity index (χ0n) is 10.5.